The summed E-state index contributed by atoms with van der Waals surface area (Å²) in [6, 6.07) is 13.8. The monoisotopic (exact) mass is 360 g/mol. The minimum Gasteiger partial charge on any atom is -0.507 e. The first kappa shape index (κ1) is 20.1. The van der Waals surface area contributed by atoms with Gasteiger partial charge in [-0.25, -0.2) is 0 Å². The van der Waals surface area contributed by atoms with E-state index in [2.05, 4.69) is 21.1 Å². The molecule has 0 fully saturated rings. The maximum absolute atomic E-state index is 9.77. The molecule has 7 nitrogen and oxygen atoms in total. The fraction of sp³-hybridized carbons (Fsp3) is 0.118. The number of thiocarbonyl (C=S) groups is 1. The molecule has 6 N–H and O–H groups in total. The number of hydrogen-bond donors (Lipinski definition) is 4. The molecule has 0 bridgehead atoms. The number of hydrogen-bond acceptors (Lipinski definition) is 5. The van der Waals surface area contributed by atoms with Gasteiger partial charge in [0.1, 0.15) is 11.5 Å². The zero-order valence-electron chi connectivity index (χ0n) is 13.8. The molecule has 0 aliphatic heterocycles. The van der Waals surface area contributed by atoms with Gasteiger partial charge in [-0.15, -0.1) is 0 Å². The molecule has 0 unspecified atom stereocenters. The fourth-order valence-corrected chi connectivity index (χ4v) is 2.07. The fourth-order valence-electron chi connectivity index (χ4n) is 1.97. The summed E-state index contributed by atoms with van der Waals surface area (Å²) in [5, 5.41) is 28.0. The number of benzene rings is 2. The molecule has 25 heavy (non-hydrogen) atoms. The van der Waals surface area contributed by atoms with E-state index in [1.165, 1.54) is 0 Å². The van der Waals surface area contributed by atoms with Crippen LogP contribution < -0.4 is 10.9 Å². The first-order valence-electron chi connectivity index (χ1n) is 7.20. The van der Waals surface area contributed by atoms with Crippen molar-refractivity contribution in [3.63, 3.8) is 0 Å². The van der Waals surface area contributed by atoms with Gasteiger partial charge in [-0.05, 0) is 50.3 Å². The van der Waals surface area contributed by atoms with Crippen molar-refractivity contribution in [2.75, 3.05) is 0 Å². The molecule has 0 aromatic heterocycles. The quantitative estimate of drug-likeness (QED) is 0.377. The van der Waals surface area contributed by atoms with Gasteiger partial charge in [0.25, 0.3) is 0 Å². The van der Waals surface area contributed by atoms with Gasteiger partial charge in [0.2, 0.25) is 5.11 Å². The largest absolute Gasteiger partial charge is 0.507 e. The second-order valence-electron chi connectivity index (χ2n) is 4.98. The van der Waals surface area contributed by atoms with E-state index < -0.39 is 0 Å². The number of rotatable bonds is 4. The number of phenolic OH excluding ortho intramolecular Hbond substituents is 2. The lowest BCUT2D eigenvalue weighted by molar-refractivity contribution is 0.473. The van der Waals surface area contributed by atoms with E-state index >= 15 is 0 Å². The maximum Gasteiger partial charge on any atom is 0.207 e. The Morgan fingerprint density at radius 3 is 1.52 bits per heavy atom. The Hall–Kier alpha value is -2.97. The molecular weight excluding hydrogens is 340 g/mol. The Morgan fingerprint density at radius 1 is 0.800 bits per heavy atom. The van der Waals surface area contributed by atoms with Crippen molar-refractivity contribution in [1.82, 2.24) is 10.9 Å². The van der Waals surface area contributed by atoms with Crippen molar-refractivity contribution in [3.05, 3.63) is 59.7 Å². The van der Waals surface area contributed by atoms with Crippen molar-refractivity contribution >= 4 is 28.8 Å². The van der Waals surface area contributed by atoms with Crippen molar-refractivity contribution in [3.8, 4) is 11.5 Å². The Kier molecular flexibility index (Phi) is 7.51. The summed E-state index contributed by atoms with van der Waals surface area (Å²) in [6.07, 6.45) is 0. The molecule has 132 valence electrons. The first-order valence-corrected chi connectivity index (χ1v) is 7.61. The lowest BCUT2D eigenvalue weighted by atomic mass is 10.1. The number of para-hydroxylation sites is 2. The van der Waals surface area contributed by atoms with Gasteiger partial charge >= 0.3 is 0 Å². The highest BCUT2D eigenvalue weighted by molar-refractivity contribution is 7.80. The van der Waals surface area contributed by atoms with Crippen LogP contribution in [-0.2, 0) is 0 Å². The number of nitrogens with one attached hydrogen (secondary N) is 2. The van der Waals surface area contributed by atoms with Crippen molar-refractivity contribution < 1.29 is 15.7 Å². The SMILES string of the molecule is C/C(=N\NC(=S)N/N=C(\C)c1ccccc1O)c1ccccc1O.O. The minimum absolute atomic E-state index is 0. The Labute approximate surface area is 151 Å². The van der Waals surface area contributed by atoms with Crippen molar-refractivity contribution in [2.24, 2.45) is 10.2 Å². The number of aromatic hydroxyl groups is 2. The molecule has 2 aromatic carbocycles. The van der Waals surface area contributed by atoms with Crippen molar-refractivity contribution in [2.45, 2.75) is 13.8 Å². The standard InChI is InChI=1S/C17H18N4O2S.H2O/c1-11(13-7-3-5-9-15(13)22)18-20-17(24)21-19-12(2)14-8-4-6-10-16(14)23;/h3-10,22-23H,1-2H3,(H2,20,21,24);1H2/b18-11+,19-12+;. The molecule has 0 saturated heterocycles. The van der Waals surface area contributed by atoms with Crippen LogP contribution in [0.1, 0.15) is 25.0 Å². The van der Waals surface area contributed by atoms with Crippen LogP contribution in [0.3, 0.4) is 0 Å². The van der Waals surface area contributed by atoms with Gasteiger partial charge in [0.05, 0.1) is 11.4 Å². The van der Waals surface area contributed by atoms with Crippen LogP contribution in [0.4, 0.5) is 0 Å². The Morgan fingerprint density at radius 2 is 1.16 bits per heavy atom. The predicted octanol–water partition coefficient (Wildman–Crippen LogP) is 1.89. The third-order valence-corrected chi connectivity index (χ3v) is 3.42. The topological polar surface area (TPSA) is 121 Å². The third kappa shape index (κ3) is 5.55. The average molecular weight is 360 g/mol. The molecule has 0 aliphatic rings. The van der Waals surface area contributed by atoms with Crippen LogP contribution in [0.25, 0.3) is 0 Å². The van der Waals surface area contributed by atoms with E-state index in [-0.39, 0.29) is 22.1 Å². The van der Waals surface area contributed by atoms with Crippen LogP contribution in [0, 0.1) is 0 Å². The second kappa shape index (κ2) is 9.36. The molecule has 0 atom stereocenters. The summed E-state index contributed by atoms with van der Waals surface area (Å²) >= 11 is 5.10. The van der Waals surface area contributed by atoms with E-state index in [0.717, 1.165) is 0 Å². The molecule has 0 aliphatic carbocycles. The molecule has 0 amide bonds. The summed E-state index contributed by atoms with van der Waals surface area (Å²) in [5.41, 5.74) is 7.70. The molecule has 0 saturated carbocycles. The third-order valence-electron chi connectivity index (χ3n) is 3.24. The number of phenols is 2. The average Bonchev–Trinajstić information content (AvgIpc) is 2.58. The number of nitrogens with zero attached hydrogens (tertiary/aromatic N) is 2. The first-order chi connectivity index (χ1) is 11.5. The van der Waals surface area contributed by atoms with Gasteiger partial charge in [0.15, 0.2) is 0 Å². The van der Waals surface area contributed by atoms with Crippen LogP contribution in [0.15, 0.2) is 58.7 Å². The van der Waals surface area contributed by atoms with E-state index in [1.54, 1.807) is 50.2 Å². The van der Waals surface area contributed by atoms with Gasteiger partial charge in [0, 0.05) is 11.1 Å². The summed E-state index contributed by atoms with van der Waals surface area (Å²) in [6.45, 7) is 3.50. The van der Waals surface area contributed by atoms with Crippen molar-refractivity contribution in [1.29, 1.82) is 0 Å². The Bertz CT molecular complexity index is 740. The van der Waals surface area contributed by atoms with E-state index in [9.17, 15) is 10.2 Å². The highest BCUT2D eigenvalue weighted by Crippen LogP contribution is 2.17. The van der Waals surface area contributed by atoms with E-state index in [1.807, 2.05) is 12.1 Å². The number of hydrazone groups is 2. The Balaban J connectivity index is 0.00000312. The van der Waals surface area contributed by atoms with Crippen LogP contribution in [0.2, 0.25) is 0 Å². The molecular formula is C17H20N4O3S. The normalized spacial score (nSPS) is 11.4. The van der Waals surface area contributed by atoms with Gasteiger partial charge in [-0.1, -0.05) is 24.3 Å². The zero-order chi connectivity index (χ0) is 17.5. The van der Waals surface area contributed by atoms with Gasteiger partial charge < -0.3 is 15.7 Å². The molecule has 0 heterocycles. The van der Waals surface area contributed by atoms with Gasteiger partial charge in [-0.2, -0.15) is 10.2 Å². The second-order valence-corrected chi connectivity index (χ2v) is 5.39. The highest BCUT2D eigenvalue weighted by atomic mass is 32.1. The summed E-state index contributed by atoms with van der Waals surface area (Å²) < 4.78 is 0. The summed E-state index contributed by atoms with van der Waals surface area (Å²) in [7, 11) is 0. The molecule has 2 rings (SSSR count). The molecule has 0 radical (unpaired) electrons. The molecule has 8 heteroatoms. The van der Waals surface area contributed by atoms with Crippen LogP contribution in [0.5, 0.6) is 11.5 Å². The highest BCUT2D eigenvalue weighted by Gasteiger charge is 2.05. The minimum atomic E-state index is 0. The van der Waals surface area contributed by atoms with Gasteiger partial charge in [-0.3, -0.25) is 10.9 Å². The van der Waals surface area contributed by atoms with Crippen LogP contribution in [-0.4, -0.2) is 32.2 Å². The van der Waals surface area contributed by atoms with E-state index in [0.29, 0.717) is 22.6 Å². The molecule has 2 aromatic rings. The van der Waals surface area contributed by atoms with E-state index in [4.69, 9.17) is 12.2 Å². The maximum atomic E-state index is 9.77. The summed E-state index contributed by atoms with van der Waals surface area (Å²) in [5.74, 6) is 0.292. The lowest BCUT2D eigenvalue weighted by Crippen LogP contribution is -2.29. The lowest BCUT2D eigenvalue weighted by Gasteiger charge is -2.07. The molecule has 0 spiro atoms. The zero-order valence-corrected chi connectivity index (χ0v) is 14.6. The summed E-state index contributed by atoms with van der Waals surface area (Å²) in [4.78, 5) is 0. The predicted molar refractivity (Wildman–Crippen MR) is 103 cm³/mol. The smallest absolute Gasteiger partial charge is 0.207 e. The van der Waals surface area contributed by atoms with Crippen LogP contribution >= 0.6 is 12.2 Å².